The quantitative estimate of drug-likeness (QED) is 0.657. The summed E-state index contributed by atoms with van der Waals surface area (Å²) in [5.41, 5.74) is 1.12. The summed E-state index contributed by atoms with van der Waals surface area (Å²) in [5.74, 6) is -0.744. The van der Waals surface area contributed by atoms with Crippen LogP contribution < -0.4 is 10.9 Å². The number of nitrogens with zero attached hydrogens (tertiary/aromatic N) is 1. The van der Waals surface area contributed by atoms with E-state index < -0.39 is 0 Å². The van der Waals surface area contributed by atoms with E-state index in [4.69, 9.17) is 17.0 Å². The maximum atomic E-state index is 13.0. The van der Waals surface area contributed by atoms with Crippen LogP contribution in [0.5, 0.6) is 0 Å². The number of carbonyl (C=O) groups is 1. The van der Waals surface area contributed by atoms with Gasteiger partial charge >= 0.3 is 0 Å². The summed E-state index contributed by atoms with van der Waals surface area (Å²) in [4.78, 5) is 28.3. The minimum atomic E-state index is -0.379. The Morgan fingerprint density at radius 2 is 2.07 bits per heavy atom. The van der Waals surface area contributed by atoms with E-state index in [0.29, 0.717) is 40.1 Å². The first-order valence-electron chi connectivity index (χ1n) is 8.97. The van der Waals surface area contributed by atoms with Gasteiger partial charge in [0.25, 0.3) is 11.5 Å². The van der Waals surface area contributed by atoms with Crippen molar-refractivity contribution in [2.45, 2.75) is 25.5 Å². The molecule has 1 aromatic heterocycles. The number of H-pyrrole nitrogens is 1. The van der Waals surface area contributed by atoms with E-state index in [1.54, 1.807) is 18.2 Å². The first kappa shape index (κ1) is 18.5. The van der Waals surface area contributed by atoms with Crippen molar-refractivity contribution in [2.24, 2.45) is 0 Å². The molecule has 6 nitrogen and oxygen atoms in total. The van der Waals surface area contributed by atoms with Gasteiger partial charge < -0.3 is 15.0 Å². The number of aromatic nitrogens is 2. The lowest BCUT2D eigenvalue weighted by Crippen LogP contribution is -2.28. The van der Waals surface area contributed by atoms with Gasteiger partial charge in [0, 0.05) is 17.9 Å². The van der Waals surface area contributed by atoms with Crippen molar-refractivity contribution < 1.29 is 13.9 Å². The second kappa shape index (κ2) is 7.65. The van der Waals surface area contributed by atoms with Crippen molar-refractivity contribution in [3.8, 4) is 0 Å². The molecule has 8 heteroatoms. The van der Waals surface area contributed by atoms with Crippen LogP contribution >= 0.6 is 12.2 Å². The Bertz CT molecular complexity index is 1150. The highest BCUT2D eigenvalue weighted by molar-refractivity contribution is 7.71. The van der Waals surface area contributed by atoms with Gasteiger partial charge in [-0.05, 0) is 67.5 Å². The van der Waals surface area contributed by atoms with Crippen molar-refractivity contribution in [2.75, 3.05) is 11.9 Å². The third-order valence-corrected chi connectivity index (χ3v) is 5.08. The number of ether oxygens (including phenoxy) is 1. The van der Waals surface area contributed by atoms with Crippen LogP contribution in [0.4, 0.5) is 10.1 Å². The van der Waals surface area contributed by atoms with Gasteiger partial charge in [-0.2, -0.15) is 0 Å². The normalized spacial score (nSPS) is 16.4. The van der Waals surface area contributed by atoms with E-state index in [0.717, 1.165) is 12.8 Å². The number of fused-ring (bicyclic) bond motifs is 1. The molecule has 0 radical (unpaired) electrons. The van der Waals surface area contributed by atoms with Gasteiger partial charge in [0.15, 0.2) is 4.77 Å². The molecule has 0 bridgehead atoms. The fourth-order valence-corrected chi connectivity index (χ4v) is 3.56. The fraction of sp³-hybridized carbons (Fsp3) is 0.250. The predicted octanol–water partition coefficient (Wildman–Crippen LogP) is 3.63. The molecular formula is C20H18FN3O3S. The summed E-state index contributed by atoms with van der Waals surface area (Å²) < 4.78 is 20.4. The Balaban J connectivity index is 1.63. The van der Waals surface area contributed by atoms with Crippen LogP contribution in [0.1, 0.15) is 23.2 Å². The lowest BCUT2D eigenvalue weighted by Gasteiger charge is -2.13. The zero-order chi connectivity index (χ0) is 19.7. The maximum Gasteiger partial charge on any atom is 0.262 e. The summed E-state index contributed by atoms with van der Waals surface area (Å²) in [7, 11) is 0. The van der Waals surface area contributed by atoms with E-state index in [2.05, 4.69) is 10.3 Å². The standard InChI is InChI=1S/C20H18FN3O3S/c21-13-4-6-14(7-5-13)22-18(25)12-3-8-16-17(10-12)23-20(28)24(19(16)26)11-15-2-1-9-27-15/h3-8,10,15H,1-2,9,11H2,(H,22,25)(H,23,28)/t15-/m1/s1. The Morgan fingerprint density at radius 3 is 2.79 bits per heavy atom. The van der Waals surface area contributed by atoms with Gasteiger partial charge in [-0.25, -0.2) is 4.39 Å². The molecule has 0 aliphatic carbocycles. The van der Waals surface area contributed by atoms with E-state index >= 15 is 0 Å². The molecule has 1 aliphatic rings. The van der Waals surface area contributed by atoms with Crippen LogP contribution in [-0.4, -0.2) is 28.2 Å². The Kier molecular flexibility index (Phi) is 5.06. The molecule has 2 aromatic carbocycles. The number of carbonyl (C=O) groups excluding carboxylic acids is 1. The monoisotopic (exact) mass is 399 g/mol. The molecule has 0 saturated carbocycles. The Morgan fingerprint density at radius 1 is 1.29 bits per heavy atom. The number of hydrogen-bond donors (Lipinski definition) is 2. The van der Waals surface area contributed by atoms with Crippen molar-refractivity contribution >= 4 is 34.7 Å². The van der Waals surface area contributed by atoms with Crippen LogP contribution in [-0.2, 0) is 11.3 Å². The summed E-state index contributed by atoms with van der Waals surface area (Å²) in [6.45, 7) is 1.12. The number of anilines is 1. The number of nitrogens with one attached hydrogen (secondary N) is 2. The topological polar surface area (TPSA) is 76.1 Å². The SMILES string of the molecule is O=C(Nc1ccc(F)cc1)c1ccc2c(=O)n(C[C@H]3CCCO3)c(=S)[nH]c2c1. The Labute approximate surface area is 165 Å². The molecule has 1 aliphatic heterocycles. The average molecular weight is 399 g/mol. The zero-order valence-corrected chi connectivity index (χ0v) is 15.7. The minimum Gasteiger partial charge on any atom is -0.376 e. The van der Waals surface area contributed by atoms with E-state index in [1.165, 1.54) is 28.8 Å². The van der Waals surface area contributed by atoms with Crippen LogP contribution in [0.3, 0.4) is 0 Å². The highest BCUT2D eigenvalue weighted by atomic mass is 32.1. The first-order chi connectivity index (χ1) is 13.5. The average Bonchev–Trinajstić information content (AvgIpc) is 3.20. The maximum absolute atomic E-state index is 13.0. The molecule has 0 spiro atoms. The third-order valence-electron chi connectivity index (χ3n) is 4.76. The molecule has 0 unspecified atom stereocenters. The van der Waals surface area contributed by atoms with Gasteiger partial charge in [-0.3, -0.25) is 14.2 Å². The van der Waals surface area contributed by atoms with Gasteiger partial charge in [0.05, 0.1) is 23.6 Å². The fourth-order valence-electron chi connectivity index (χ4n) is 3.29. The molecule has 3 aromatic rings. The van der Waals surface area contributed by atoms with Crippen LogP contribution in [0.15, 0.2) is 47.3 Å². The number of aromatic amines is 1. The lowest BCUT2D eigenvalue weighted by molar-refractivity contribution is 0.0957. The zero-order valence-electron chi connectivity index (χ0n) is 14.9. The van der Waals surface area contributed by atoms with E-state index in [-0.39, 0.29) is 23.4 Å². The molecule has 1 fully saturated rings. The Hall–Kier alpha value is -2.84. The molecule has 144 valence electrons. The lowest BCUT2D eigenvalue weighted by atomic mass is 10.1. The second-order valence-corrected chi connectivity index (χ2v) is 7.09. The van der Waals surface area contributed by atoms with Crippen LogP contribution in [0.2, 0.25) is 0 Å². The number of benzene rings is 2. The second-order valence-electron chi connectivity index (χ2n) is 6.70. The minimum absolute atomic E-state index is 0.00832. The molecule has 1 atom stereocenters. The van der Waals surface area contributed by atoms with Crippen molar-refractivity contribution in [1.82, 2.24) is 9.55 Å². The van der Waals surface area contributed by atoms with Gasteiger partial charge in [0.2, 0.25) is 0 Å². The molecule has 1 saturated heterocycles. The summed E-state index contributed by atoms with van der Waals surface area (Å²) in [6, 6.07) is 10.3. The highest BCUT2D eigenvalue weighted by Gasteiger charge is 2.18. The van der Waals surface area contributed by atoms with Crippen LogP contribution in [0, 0.1) is 10.6 Å². The predicted molar refractivity (Wildman–Crippen MR) is 107 cm³/mol. The smallest absolute Gasteiger partial charge is 0.262 e. The van der Waals surface area contributed by atoms with Crippen molar-refractivity contribution in [1.29, 1.82) is 0 Å². The van der Waals surface area contributed by atoms with E-state index in [9.17, 15) is 14.0 Å². The van der Waals surface area contributed by atoms with Crippen LogP contribution in [0.25, 0.3) is 10.9 Å². The molecular weight excluding hydrogens is 381 g/mol. The van der Waals surface area contributed by atoms with Gasteiger partial charge in [-0.15, -0.1) is 0 Å². The summed E-state index contributed by atoms with van der Waals surface area (Å²) in [6.07, 6.45) is 1.88. The molecule has 2 N–H and O–H groups in total. The van der Waals surface area contributed by atoms with Crippen molar-refractivity contribution in [3.05, 3.63) is 69.0 Å². The van der Waals surface area contributed by atoms with Gasteiger partial charge in [0.1, 0.15) is 5.82 Å². The molecule has 4 rings (SSSR count). The van der Waals surface area contributed by atoms with Crippen molar-refractivity contribution in [3.63, 3.8) is 0 Å². The number of halogens is 1. The largest absolute Gasteiger partial charge is 0.376 e. The summed E-state index contributed by atoms with van der Waals surface area (Å²) in [5, 5.41) is 3.14. The molecule has 28 heavy (non-hydrogen) atoms. The number of hydrogen-bond acceptors (Lipinski definition) is 4. The number of rotatable bonds is 4. The molecule has 1 amide bonds. The van der Waals surface area contributed by atoms with E-state index in [1.807, 2.05) is 0 Å². The highest BCUT2D eigenvalue weighted by Crippen LogP contribution is 2.16. The van der Waals surface area contributed by atoms with Gasteiger partial charge in [-0.1, -0.05) is 0 Å². The first-order valence-corrected chi connectivity index (χ1v) is 9.37. The number of amides is 1. The third kappa shape index (κ3) is 3.74. The molecule has 2 heterocycles. The summed E-state index contributed by atoms with van der Waals surface area (Å²) >= 11 is 5.34.